The number of hydrogen-bond acceptors (Lipinski definition) is 4. The number of para-hydroxylation sites is 2. The van der Waals surface area contributed by atoms with Crippen molar-refractivity contribution in [1.29, 1.82) is 0 Å². The predicted molar refractivity (Wildman–Crippen MR) is 109 cm³/mol. The van der Waals surface area contributed by atoms with Gasteiger partial charge in [0.1, 0.15) is 5.75 Å². The minimum atomic E-state index is -0.139. The number of hydrogen-bond donors (Lipinski definition) is 1. The van der Waals surface area contributed by atoms with Crippen LogP contribution in [0.2, 0.25) is 0 Å². The van der Waals surface area contributed by atoms with Gasteiger partial charge in [0, 0.05) is 39.3 Å². The van der Waals surface area contributed by atoms with Gasteiger partial charge in [0.2, 0.25) is 5.91 Å². The fourth-order valence-corrected chi connectivity index (χ4v) is 3.65. The van der Waals surface area contributed by atoms with Gasteiger partial charge < -0.3 is 14.9 Å². The van der Waals surface area contributed by atoms with Crippen LogP contribution in [0.3, 0.4) is 0 Å². The Bertz CT molecular complexity index is 742. The minimum absolute atomic E-state index is 0.139. The highest BCUT2D eigenvalue weighted by atomic mass is 16.3. The summed E-state index contributed by atoms with van der Waals surface area (Å²) < 4.78 is 0. The standard InChI is InChI=1S/C22H29N3O2/c1-3-23(17-19-9-5-4-6-10-19)22(27)18(2)24-13-15-25(16-14-24)20-11-7-8-12-21(20)26/h4-12,18,26H,3,13-17H2,1-2H3/t18-/m0/s1. The first-order valence-corrected chi connectivity index (χ1v) is 9.70. The number of carbonyl (C=O) groups excluding carboxylic acids is 1. The molecule has 1 aliphatic rings. The molecule has 0 unspecified atom stereocenters. The Hall–Kier alpha value is -2.53. The monoisotopic (exact) mass is 367 g/mol. The molecule has 2 aromatic carbocycles. The smallest absolute Gasteiger partial charge is 0.239 e. The van der Waals surface area contributed by atoms with Crippen LogP contribution in [0.15, 0.2) is 54.6 Å². The summed E-state index contributed by atoms with van der Waals surface area (Å²) in [6.07, 6.45) is 0. The molecule has 3 rings (SSSR count). The number of anilines is 1. The molecule has 1 heterocycles. The largest absolute Gasteiger partial charge is 0.506 e. The predicted octanol–water partition coefficient (Wildman–Crippen LogP) is 2.95. The number of likely N-dealkylation sites (N-methyl/N-ethyl adjacent to an activating group) is 1. The van der Waals surface area contributed by atoms with Crippen LogP contribution >= 0.6 is 0 Å². The van der Waals surface area contributed by atoms with Crippen LogP contribution in [-0.2, 0) is 11.3 Å². The van der Waals surface area contributed by atoms with Crippen molar-refractivity contribution < 1.29 is 9.90 Å². The molecule has 27 heavy (non-hydrogen) atoms. The zero-order chi connectivity index (χ0) is 19.2. The second-order valence-electron chi connectivity index (χ2n) is 7.03. The number of benzene rings is 2. The number of piperazine rings is 1. The highest BCUT2D eigenvalue weighted by molar-refractivity contribution is 5.81. The van der Waals surface area contributed by atoms with E-state index in [1.54, 1.807) is 6.07 Å². The zero-order valence-corrected chi connectivity index (χ0v) is 16.2. The number of phenols is 1. The summed E-state index contributed by atoms with van der Waals surface area (Å²) in [5.74, 6) is 0.493. The SMILES string of the molecule is CCN(Cc1ccccc1)C(=O)[C@H](C)N1CCN(c2ccccc2O)CC1. The Labute approximate surface area is 161 Å². The molecular formula is C22H29N3O2. The molecule has 144 valence electrons. The molecule has 1 aliphatic heterocycles. The van der Waals surface area contributed by atoms with Gasteiger partial charge in [0.25, 0.3) is 0 Å². The number of rotatable bonds is 6. The topological polar surface area (TPSA) is 47.0 Å². The van der Waals surface area contributed by atoms with E-state index in [4.69, 9.17) is 0 Å². The average molecular weight is 367 g/mol. The van der Waals surface area contributed by atoms with Gasteiger partial charge in [0.15, 0.2) is 0 Å². The number of amides is 1. The molecule has 0 saturated carbocycles. The third-order valence-corrected chi connectivity index (χ3v) is 5.35. The van der Waals surface area contributed by atoms with Crippen molar-refractivity contribution in [2.24, 2.45) is 0 Å². The van der Waals surface area contributed by atoms with E-state index in [0.29, 0.717) is 18.8 Å². The van der Waals surface area contributed by atoms with Gasteiger partial charge in [0.05, 0.1) is 11.7 Å². The van der Waals surface area contributed by atoms with E-state index in [9.17, 15) is 9.90 Å². The first-order chi connectivity index (χ1) is 13.1. The molecule has 2 aromatic rings. The van der Waals surface area contributed by atoms with Crippen LogP contribution in [0.25, 0.3) is 0 Å². The van der Waals surface area contributed by atoms with Crippen molar-refractivity contribution in [3.63, 3.8) is 0 Å². The Morgan fingerprint density at radius 3 is 2.30 bits per heavy atom. The average Bonchev–Trinajstić information content (AvgIpc) is 2.72. The van der Waals surface area contributed by atoms with Gasteiger partial charge in [-0.3, -0.25) is 9.69 Å². The highest BCUT2D eigenvalue weighted by Gasteiger charge is 2.28. The van der Waals surface area contributed by atoms with E-state index in [-0.39, 0.29) is 11.9 Å². The van der Waals surface area contributed by atoms with Gasteiger partial charge in [-0.1, -0.05) is 42.5 Å². The quantitative estimate of drug-likeness (QED) is 0.853. The zero-order valence-electron chi connectivity index (χ0n) is 16.2. The molecule has 1 saturated heterocycles. The normalized spacial score (nSPS) is 16.1. The summed E-state index contributed by atoms with van der Waals surface area (Å²) in [7, 11) is 0. The van der Waals surface area contributed by atoms with Crippen molar-refractivity contribution in [2.45, 2.75) is 26.4 Å². The van der Waals surface area contributed by atoms with E-state index in [2.05, 4.69) is 21.9 Å². The molecule has 0 aromatic heterocycles. The fourth-order valence-electron chi connectivity index (χ4n) is 3.65. The van der Waals surface area contributed by atoms with E-state index in [1.807, 2.05) is 55.1 Å². The Morgan fingerprint density at radius 2 is 1.67 bits per heavy atom. The number of nitrogens with zero attached hydrogens (tertiary/aromatic N) is 3. The summed E-state index contributed by atoms with van der Waals surface area (Å²) in [5, 5.41) is 10.1. The van der Waals surface area contributed by atoms with Crippen molar-refractivity contribution >= 4 is 11.6 Å². The van der Waals surface area contributed by atoms with Crippen LogP contribution in [0.5, 0.6) is 5.75 Å². The van der Waals surface area contributed by atoms with E-state index in [0.717, 1.165) is 37.4 Å². The van der Waals surface area contributed by atoms with Crippen LogP contribution in [0.1, 0.15) is 19.4 Å². The third kappa shape index (κ3) is 4.61. The van der Waals surface area contributed by atoms with Crippen LogP contribution < -0.4 is 4.90 Å². The van der Waals surface area contributed by atoms with E-state index >= 15 is 0 Å². The van der Waals surface area contributed by atoms with Gasteiger partial charge in [-0.25, -0.2) is 0 Å². The maximum absolute atomic E-state index is 13.0. The lowest BCUT2D eigenvalue weighted by molar-refractivity contribution is -0.137. The summed E-state index contributed by atoms with van der Waals surface area (Å²) in [6, 6.07) is 17.4. The van der Waals surface area contributed by atoms with Crippen molar-refractivity contribution in [3.05, 3.63) is 60.2 Å². The van der Waals surface area contributed by atoms with Crippen molar-refractivity contribution in [3.8, 4) is 5.75 Å². The molecule has 1 atom stereocenters. The molecule has 0 bridgehead atoms. The molecule has 1 amide bonds. The van der Waals surface area contributed by atoms with Gasteiger partial charge in [-0.15, -0.1) is 0 Å². The van der Waals surface area contributed by atoms with Gasteiger partial charge >= 0.3 is 0 Å². The summed E-state index contributed by atoms with van der Waals surface area (Å²) in [5.41, 5.74) is 2.03. The van der Waals surface area contributed by atoms with Gasteiger partial charge in [-0.2, -0.15) is 0 Å². The molecule has 0 spiro atoms. The Kier molecular flexibility index (Phi) is 6.35. The lowest BCUT2D eigenvalue weighted by Crippen LogP contribution is -2.54. The Morgan fingerprint density at radius 1 is 1.04 bits per heavy atom. The lowest BCUT2D eigenvalue weighted by atomic mass is 10.1. The molecule has 5 heteroatoms. The third-order valence-electron chi connectivity index (χ3n) is 5.35. The number of carbonyl (C=O) groups is 1. The van der Waals surface area contributed by atoms with Crippen molar-refractivity contribution in [1.82, 2.24) is 9.80 Å². The highest BCUT2D eigenvalue weighted by Crippen LogP contribution is 2.27. The summed E-state index contributed by atoms with van der Waals surface area (Å²) in [6.45, 7) is 8.62. The summed E-state index contributed by atoms with van der Waals surface area (Å²) in [4.78, 5) is 19.4. The van der Waals surface area contributed by atoms with E-state index in [1.165, 1.54) is 0 Å². The van der Waals surface area contributed by atoms with Crippen molar-refractivity contribution in [2.75, 3.05) is 37.6 Å². The molecular weight excluding hydrogens is 338 g/mol. The molecule has 0 aliphatic carbocycles. The number of phenolic OH excluding ortho intramolecular Hbond substituents is 1. The lowest BCUT2D eigenvalue weighted by Gasteiger charge is -2.40. The number of aromatic hydroxyl groups is 1. The van der Waals surface area contributed by atoms with Crippen LogP contribution in [0.4, 0.5) is 5.69 Å². The Balaban J connectivity index is 1.58. The van der Waals surface area contributed by atoms with E-state index < -0.39 is 0 Å². The van der Waals surface area contributed by atoms with Crippen LogP contribution in [0, 0.1) is 0 Å². The molecule has 5 nitrogen and oxygen atoms in total. The first kappa shape index (κ1) is 19.2. The second-order valence-corrected chi connectivity index (χ2v) is 7.03. The minimum Gasteiger partial charge on any atom is -0.506 e. The first-order valence-electron chi connectivity index (χ1n) is 9.70. The molecule has 1 fully saturated rings. The maximum atomic E-state index is 13.0. The fraction of sp³-hybridized carbons (Fsp3) is 0.409. The molecule has 1 N–H and O–H groups in total. The van der Waals surface area contributed by atoms with Gasteiger partial charge in [-0.05, 0) is 31.5 Å². The maximum Gasteiger partial charge on any atom is 0.239 e. The second kappa shape index (κ2) is 8.91. The van der Waals surface area contributed by atoms with Crippen LogP contribution in [-0.4, -0.2) is 59.6 Å². The summed E-state index contributed by atoms with van der Waals surface area (Å²) >= 11 is 0. The molecule has 0 radical (unpaired) electrons.